The molecule has 78 valence electrons. The van der Waals surface area contributed by atoms with E-state index in [1.165, 1.54) is 21.5 Å². The van der Waals surface area contributed by atoms with E-state index in [0.29, 0.717) is 0 Å². The summed E-state index contributed by atoms with van der Waals surface area (Å²) in [6, 6.07) is 8.44. The largest absolute Gasteiger partial charge is 0.264 e. The van der Waals surface area contributed by atoms with Crippen LogP contribution in [0.5, 0.6) is 0 Å². The van der Waals surface area contributed by atoms with E-state index in [2.05, 4.69) is 35.1 Å². The smallest absolute Gasteiger partial charge is 0.0454 e. The molecule has 0 saturated carbocycles. The van der Waals surface area contributed by atoms with Gasteiger partial charge in [-0.3, -0.25) is 9.97 Å². The van der Waals surface area contributed by atoms with E-state index in [1.807, 2.05) is 25.4 Å². The van der Waals surface area contributed by atoms with Crippen molar-refractivity contribution >= 4 is 21.5 Å². The van der Waals surface area contributed by atoms with Gasteiger partial charge >= 0.3 is 0 Å². The fourth-order valence-electron chi connectivity index (χ4n) is 2.22. The molecule has 2 aromatic heterocycles. The van der Waals surface area contributed by atoms with Gasteiger partial charge in [-0.15, -0.1) is 0 Å². The van der Waals surface area contributed by atoms with Crippen LogP contribution in [0.1, 0.15) is 11.4 Å². The molecule has 0 unspecified atom stereocenters. The molecule has 3 aromatic rings. The Hall–Kier alpha value is -1.96. The Morgan fingerprint density at radius 1 is 0.938 bits per heavy atom. The molecule has 0 saturated heterocycles. The molecule has 0 radical (unpaired) electrons. The number of benzene rings is 1. The quantitative estimate of drug-likeness (QED) is 0.529. The molecule has 0 aliphatic rings. The number of nitrogens with zero attached hydrogens (tertiary/aromatic N) is 2. The fraction of sp³-hybridized carbons (Fsp3) is 0.143. The van der Waals surface area contributed by atoms with E-state index < -0.39 is 0 Å². The number of fused-ring (bicyclic) bond motifs is 3. The third-order valence-electron chi connectivity index (χ3n) is 2.95. The zero-order valence-electron chi connectivity index (χ0n) is 9.36. The van der Waals surface area contributed by atoms with Crippen LogP contribution < -0.4 is 0 Å². The maximum absolute atomic E-state index is 4.49. The minimum Gasteiger partial charge on any atom is -0.264 e. The fourth-order valence-corrected chi connectivity index (χ4v) is 2.22. The molecule has 0 aliphatic heterocycles. The van der Waals surface area contributed by atoms with Crippen molar-refractivity contribution < 1.29 is 0 Å². The number of pyridine rings is 2. The summed E-state index contributed by atoms with van der Waals surface area (Å²) in [5.41, 5.74) is 2.14. The van der Waals surface area contributed by atoms with Crippen LogP contribution in [0.15, 0.2) is 36.7 Å². The van der Waals surface area contributed by atoms with Gasteiger partial charge in [-0.1, -0.05) is 12.1 Å². The van der Waals surface area contributed by atoms with Crippen LogP contribution in [-0.2, 0) is 0 Å². The van der Waals surface area contributed by atoms with Crippen molar-refractivity contribution in [3.05, 3.63) is 48.0 Å². The molecule has 2 heterocycles. The molecule has 0 fully saturated rings. The van der Waals surface area contributed by atoms with Crippen LogP contribution in [0.4, 0.5) is 0 Å². The lowest BCUT2D eigenvalue weighted by molar-refractivity contribution is 1.15. The topological polar surface area (TPSA) is 25.8 Å². The highest BCUT2D eigenvalue weighted by atomic mass is 14.7. The molecule has 0 N–H and O–H groups in total. The van der Waals surface area contributed by atoms with Gasteiger partial charge in [0.15, 0.2) is 0 Å². The average Bonchev–Trinajstić information content (AvgIpc) is 2.28. The maximum atomic E-state index is 4.49. The third-order valence-corrected chi connectivity index (χ3v) is 2.95. The lowest BCUT2D eigenvalue weighted by Gasteiger charge is -2.06. The van der Waals surface area contributed by atoms with Crippen molar-refractivity contribution in [3.8, 4) is 0 Å². The van der Waals surface area contributed by atoms with Crippen molar-refractivity contribution in [3.63, 3.8) is 0 Å². The number of hydrogen-bond acceptors (Lipinski definition) is 2. The highest BCUT2D eigenvalue weighted by molar-refractivity contribution is 6.07. The van der Waals surface area contributed by atoms with Crippen LogP contribution in [0.25, 0.3) is 21.5 Å². The molecular formula is C14H12N2. The van der Waals surface area contributed by atoms with E-state index in [9.17, 15) is 0 Å². The Morgan fingerprint density at radius 2 is 1.81 bits per heavy atom. The summed E-state index contributed by atoms with van der Waals surface area (Å²) in [5, 5.41) is 4.89. The summed E-state index contributed by atoms with van der Waals surface area (Å²) in [6.07, 6.45) is 3.76. The van der Waals surface area contributed by atoms with Crippen molar-refractivity contribution in [1.29, 1.82) is 0 Å². The normalized spacial score (nSPS) is 11.1. The standard InChI is InChI=1S/C14H12N2/c1-9-7-13-12(10(2)16-9)4-3-11-5-6-15-8-14(11)13/h3-8H,1-2H3. The zero-order valence-corrected chi connectivity index (χ0v) is 9.36. The molecule has 3 rings (SSSR count). The Morgan fingerprint density at radius 3 is 2.69 bits per heavy atom. The third kappa shape index (κ3) is 1.27. The van der Waals surface area contributed by atoms with Gasteiger partial charge in [0.05, 0.1) is 0 Å². The monoisotopic (exact) mass is 208 g/mol. The van der Waals surface area contributed by atoms with Crippen LogP contribution >= 0.6 is 0 Å². The van der Waals surface area contributed by atoms with Crippen LogP contribution in [0.3, 0.4) is 0 Å². The second-order valence-electron chi connectivity index (χ2n) is 4.11. The highest BCUT2D eigenvalue weighted by Crippen LogP contribution is 2.26. The summed E-state index contributed by atoms with van der Waals surface area (Å²) < 4.78 is 0. The molecule has 0 spiro atoms. The van der Waals surface area contributed by atoms with Gasteiger partial charge < -0.3 is 0 Å². The molecule has 2 nitrogen and oxygen atoms in total. The van der Waals surface area contributed by atoms with Crippen LogP contribution in [-0.4, -0.2) is 9.97 Å². The Balaban J connectivity index is 2.59. The first-order valence-electron chi connectivity index (χ1n) is 5.36. The van der Waals surface area contributed by atoms with E-state index in [-0.39, 0.29) is 0 Å². The van der Waals surface area contributed by atoms with Gasteiger partial charge in [0, 0.05) is 34.6 Å². The van der Waals surface area contributed by atoms with E-state index in [4.69, 9.17) is 0 Å². The van der Waals surface area contributed by atoms with E-state index >= 15 is 0 Å². The Bertz CT molecular complexity index is 687. The molecule has 0 amide bonds. The zero-order chi connectivity index (χ0) is 11.1. The van der Waals surface area contributed by atoms with Crippen molar-refractivity contribution in [1.82, 2.24) is 9.97 Å². The molecule has 16 heavy (non-hydrogen) atoms. The van der Waals surface area contributed by atoms with Gasteiger partial charge in [-0.25, -0.2) is 0 Å². The van der Waals surface area contributed by atoms with Crippen molar-refractivity contribution in [2.24, 2.45) is 0 Å². The highest BCUT2D eigenvalue weighted by Gasteiger charge is 2.04. The number of aryl methyl sites for hydroxylation is 2. The lowest BCUT2D eigenvalue weighted by Crippen LogP contribution is -1.89. The first-order valence-corrected chi connectivity index (χ1v) is 5.36. The molecule has 0 atom stereocenters. The summed E-state index contributed by atoms with van der Waals surface area (Å²) in [5.74, 6) is 0. The summed E-state index contributed by atoms with van der Waals surface area (Å²) in [4.78, 5) is 8.69. The summed E-state index contributed by atoms with van der Waals surface area (Å²) in [7, 11) is 0. The number of hydrogen-bond donors (Lipinski definition) is 0. The Labute approximate surface area is 94.0 Å². The van der Waals surface area contributed by atoms with Crippen LogP contribution in [0, 0.1) is 13.8 Å². The molecule has 2 heteroatoms. The minimum atomic E-state index is 1.06. The molecular weight excluding hydrogens is 196 g/mol. The van der Waals surface area contributed by atoms with Crippen molar-refractivity contribution in [2.75, 3.05) is 0 Å². The molecule has 1 aromatic carbocycles. The van der Waals surface area contributed by atoms with Gasteiger partial charge in [-0.2, -0.15) is 0 Å². The van der Waals surface area contributed by atoms with Gasteiger partial charge in [0.1, 0.15) is 0 Å². The average molecular weight is 208 g/mol. The second-order valence-corrected chi connectivity index (χ2v) is 4.11. The summed E-state index contributed by atoms with van der Waals surface area (Å²) >= 11 is 0. The summed E-state index contributed by atoms with van der Waals surface area (Å²) in [6.45, 7) is 4.08. The number of aromatic nitrogens is 2. The lowest BCUT2D eigenvalue weighted by atomic mass is 10.0. The van der Waals surface area contributed by atoms with Crippen LogP contribution in [0.2, 0.25) is 0 Å². The predicted molar refractivity (Wildman–Crippen MR) is 66.5 cm³/mol. The second kappa shape index (κ2) is 3.27. The van der Waals surface area contributed by atoms with E-state index in [0.717, 1.165) is 11.4 Å². The van der Waals surface area contributed by atoms with Gasteiger partial charge in [0.25, 0.3) is 0 Å². The Kier molecular flexibility index (Phi) is 1.90. The van der Waals surface area contributed by atoms with Crippen molar-refractivity contribution in [2.45, 2.75) is 13.8 Å². The van der Waals surface area contributed by atoms with E-state index in [1.54, 1.807) is 0 Å². The minimum absolute atomic E-state index is 1.06. The van der Waals surface area contributed by atoms with Gasteiger partial charge in [-0.05, 0) is 36.8 Å². The molecule has 0 aliphatic carbocycles. The van der Waals surface area contributed by atoms with Gasteiger partial charge in [0.2, 0.25) is 0 Å². The SMILES string of the molecule is Cc1cc2c(ccc3ccncc32)c(C)n1. The first-order chi connectivity index (χ1) is 7.75. The number of rotatable bonds is 0. The maximum Gasteiger partial charge on any atom is 0.0454 e. The molecule has 0 bridgehead atoms. The predicted octanol–water partition coefficient (Wildman–Crippen LogP) is 3.40. The first kappa shape index (κ1) is 9.28.